The van der Waals surface area contributed by atoms with E-state index in [1.165, 1.54) is 4.31 Å². The summed E-state index contributed by atoms with van der Waals surface area (Å²) >= 11 is 0. The standard InChI is InChI=1S/C16H26N2O4S/c1-4-17(2)9-13-10-18(11-14(13)12-19)23(20,21)16-7-5-15(22-3)6-8-16/h5-8,13-14,19H,4,9-12H2,1-3H3/t13-,14-/m1/s1. The van der Waals surface area contributed by atoms with Crippen LogP contribution in [-0.4, -0.2) is 69.7 Å². The largest absolute Gasteiger partial charge is 0.497 e. The Balaban J connectivity index is 2.16. The van der Waals surface area contributed by atoms with Crippen LogP contribution in [0.25, 0.3) is 0 Å². The highest BCUT2D eigenvalue weighted by Gasteiger charge is 2.39. The highest BCUT2D eigenvalue weighted by molar-refractivity contribution is 7.89. The Labute approximate surface area is 138 Å². The number of methoxy groups -OCH3 is 1. The number of rotatable bonds is 7. The molecular formula is C16H26N2O4S. The number of ether oxygens (including phenoxy) is 1. The number of sulfonamides is 1. The summed E-state index contributed by atoms with van der Waals surface area (Å²) in [6, 6.07) is 6.42. The van der Waals surface area contributed by atoms with E-state index in [2.05, 4.69) is 11.8 Å². The first kappa shape index (κ1) is 18.2. The van der Waals surface area contributed by atoms with Gasteiger partial charge in [-0.2, -0.15) is 4.31 Å². The minimum absolute atomic E-state index is 0.0108. The van der Waals surface area contributed by atoms with Gasteiger partial charge in [0.05, 0.1) is 12.0 Å². The number of benzene rings is 1. The summed E-state index contributed by atoms with van der Waals surface area (Å²) in [7, 11) is 0.0213. The number of nitrogens with zero attached hydrogens (tertiary/aromatic N) is 2. The Morgan fingerprint density at radius 1 is 1.26 bits per heavy atom. The second-order valence-electron chi connectivity index (χ2n) is 6.06. The lowest BCUT2D eigenvalue weighted by molar-refractivity contribution is 0.178. The number of hydrogen-bond donors (Lipinski definition) is 1. The molecule has 2 rings (SSSR count). The molecule has 1 saturated heterocycles. The molecule has 1 aromatic rings. The number of hydrogen-bond acceptors (Lipinski definition) is 5. The van der Waals surface area contributed by atoms with E-state index in [-0.39, 0.29) is 23.3 Å². The molecule has 130 valence electrons. The van der Waals surface area contributed by atoms with Crippen molar-refractivity contribution in [1.82, 2.24) is 9.21 Å². The molecule has 1 N–H and O–H groups in total. The van der Waals surface area contributed by atoms with Gasteiger partial charge < -0.3 is 14.7 Å². The molecule has 1 heterocycles. The van der Waals surface area contributed by atoms with Crippen molar-refractivity contribution in [2.75, 3.05) is 46.9 Å². The van der Waals surface area contributed by atoms with Gasteiger partial charge in [-0.1, -0.05) is 6.92 Å². The van der Waals surface area contributed by atoms with Crippen LogP contribution in [0.2, 0.25) is 0 Å². The van der Waals surface area contributed by atoms with Crippen molar-refractivity contribution in [1.29, 1.82) is 0 Å². The van der Waals surface area contributed by atoms with Gasteiger partial charge in [-0.25, -0.2) is 8.42 Å². The summed E-state index contributed by atoms with van der Waals surface area (Å²) in [6.07, 6.45) is 0. The first-order valence-corrected chi connectivity index (χ1v) is 9.30. The van der Waals surface area contributed by atoms with Gasteiger partial charge in [0, 0.05) is 32.2 Å². The third-order valence-corrected chi connectivity index (χ3v) is 6.41. The molecule has 6 nitrogen and oxygen atoms in total. The highest BCUT2D eigenvalue weighted by Crippen LogP contribution is 2.29. The zero-order valence-electron chi connectivity index (χ0n) is 14.0. The first-order valence-electron chi connectivity index (χ1n) is 7.86. The molecule has 1 aromatic carbocycles. The minimum atomic E-state index is -3.53. The van der Waals surface area contributed by atoms with Crippen LogP contribution in [0.4, 0.5) is 0 Å². The van der Waals surface area contributed by atoms with E-state index in [4.69, 9.17) is 4.74 Å². The normalized spacial score (nSPS) is 22.7. The number of aliphatic hydroxyl groups excluding tert-OH is 1. The molecule has 0 radical (unpaired) electrons. The molecular weight excluding hydrogens is 316 g/mol. The van der Waals surface area contributed by atoms with Gasteiger partial charge in [0.15, 0.2) is 0 Å². The molecule has 7 heteroatoms. The molecule has 1 fully saturated rings. The Morgan fingerprint density at radius 3 is 2.39 bits per heavy atom. The molecule has 1 aliphatic heterocycles. The van der Waals surface area contributed by atoms with Gasteiger partial charge >= 0.3 is 0 Å². The van der Waals surface area contributed by atoms with E-state index < -0.39 is 10.0 Å². The van der Waals surface area contributed by atoms with Gasteiger partial charge in [0.2, 0.25) is 10.0 Å². The average Bonchev–Trinajstić information content (AvgIpc) is 2.98. The van der Waals surface area contributed by atoms with Crippen molar-refractivity contribution < 1.29 is 18.3 Å². The summed E-state index contributed by atoms with van der Waals surface area (Å²) in [5, 5.41) is 9.59. The smallest absolute Gasteiger partial charge is 0.243 e. The molecule has 0 amide bonds. The minimum Gasteiger partial charge on any atom is -0.497 e. The maximum Gasteiger partial charge on any atom is 0.243 e. The second-order valence-corrected chi connectivity index (χ2v) is 7.99. The van der Waals surface area contributed by atoms with Crippen molar-refractivity contribution >= 4 is 10.0 Å². The van der Waals surface area contributed by atoms with Crippen LogP contribution in [0.1, 0.15) is 6.92 Å². The van der Waals surface area contributed by atoms with Crippen LogP contribution in [0.5, 0.6) is 5.75 Å². The maximum absolute atomic E-state index is 12.8. The Hall–Kier alpha value is -1.15. The summed E-state index contributed by atoms with van der Waals surface area (Å²) < 4.78 is 32.1. The van der Waals surface area contributed by atoms with Crippen LogP contribution < -0.4 is 4.74 Å². The molecule has 2 atom stereocenters. The van der Waals surface area contributed by atoms with Crippen molar-refractivity contribution in [2.24, 2.45) is 11.8 Å². The van der Waals surface area contributed by atoms with Crippen LogP contribution in [0.15, 0.2) is 29.2 Å². The summed E-state index contributed by atoms with van der Waals surface area (Å²) in [5.74, 6) is 0.760. The van der Waals surface area contributed by atoms with E-state index in [1.807, 2.05) is 7.05 Å². The third kappa shape index (κ3) is 4.03. The topological polar surface area (TPSA) is 70.1 Å². The first-order chi connectivity index (χ1) is 10.9. The van der Waals surface area contributed by atoms with E-state index >= 15 is 0 Å². The zero-order valence-corrected chi connectivity index (χ0v) is 14.8. The van der Waals surface area contributed by atoms with Gasteiger partial charge in [-0.15, -0.1) is 0 Å². The van der Waals surface area contributed by atoms with Gasteiger partial charge in [0.25, 0.3) is 0 Å². The summed E-state index contributed by atoms with van der Waals surface area (Å²) in [6.45, 7) is 4.58. The number of aliphatic hydroxyl groups is 1. The van der Waals surface area contributed by atoms with E-state index in [9.17, 15) is 13.5 Å². The second kappa shape index (κ2) is 7.61. The molecule has 23 heavy (non-hydrogen) atoms. The van der Waals surface area contributed by atoms with Gasteiger partial charge in [-0.05, 0) is 43.8 Å². The predicted molar refractivity (Wildman–Crippen MR) is 89.0 cm³/mol. The average molecular weight is 342 g/mol. The molecule has 0 aromatic heterocycles. The zero-order chi connectivity index (χ0) is 17.0. The fraction of sp³-hybridized carbons (Fsp3) is 0.625. The van der Waals surface area contributed by atoms with Crippen molar-refractivity contribution in [3.8, 4) is 5.75 Å². The lowest BCUT2D eigenvalue weighted by Gasteiger charge is -2.22. The van der Waals surface area contributed by atoms with Crippen molar-refractivity contribution in [2.45, 2.75) is 11.8 Å². The van der Waals surface area contributed by atoms with Crippen molar-refractivity contribution in [3.63, 3.8) is 0 Å². The Bertz CT molecular complexity index is 603. The summed E-state index contributed by atoms with van der Waals surface area (Å²) in [5.41, 5.74) is 0. The van der Waals surface area contributed by atoms with Gasteiger partial charge in [0.1, 0.15) is 5.75 Å². The van der Waals surface area contributed by atoms with Crippen LogP contribution in [0, 0.1) is 11.8 Å². The summed E-state index contributed by atoms with van der Waals surface area (Å²) in [4.78, 5) is 2.41. The van der Waals surface area contributed by atoms with Crippen LogP contribution >= 0.6 is 0 Å². The predicted octanol–water partition coefficient (Wildman–Crippen LogP) is 0.876. The Kier molecular flexibility index (Phi) is 6.02. The molecule has 0 unspecified atom stereocenters. The van der Waals surface area contributed by atoms with E-state index in [0.29, 0.717) is 18.8 Å². The Morgan fingerprint density at radius 2 is 1.87 bits per heavy atom. The third-order valence-electron chi connectivity index (χ3n) is 4.56. The molecule has 0 saturated carbocycles. The molecule has 1 aliphatic rings. The molecule has 0 aliphatic carbocycles. The molecule has 0 spiro atoms. The lowest BCUT2D eigenvalue weighted by Crippen LogP contribution is -2.32. The monoisotopic (exact) mass is 342 g/mol. The quantitative estimate of drug-likeness (QED) is 0.796. The SMILES string of the molecule is CCN(C)C[C@@H]1CN(S(=O)(=O)c2ccc(OC)cc2)C[C@@H]1CO. The highest BCUT2D eigenvalue weighted by atomic mass is 32.2. The lowest BCUT2D eigenvalue weighted by atomic mass is 9.96. The maximum atomic E-state index is 12.8. The fourth-order valence-electron chi connectivity index (χ4n) is 2.93. The van der Waals surface area contributed by atoms with Crippen LogP contribution in [-0.2, 0) is 10.0 Å². The van der Waals surface area contributed by atoms with Crippen molar-refractivity contribution in [3.05, 3.63) is 24.3 Å². The molecule has 0 bridgehead atoms. The van der Waals surface area contributed by atoms with Gasteiger partial charge in [-0.3, -0.25) is 0 Å². The van der Waals surface area contributed by atoms with Crippen LogP contribution in [0.3, 0.4) is 0 Å². The fourth-order valence-corrected chi connectivity index (χ4v) is 4.49. The van der Waals surface area contributed by atoms with E-state index in [0.717, 1.165) is 13.1 Å². The van der Waals surface area contributed by atoms with E-state index in [1.54, 1.807) is 31.4 Å².